The van der Waals surface area contributed by atoms with E-state index in [9.17, 15) is 4.79 Å². The molecule has 2 aliphatic heterocycles. The molecule has 3 heterocycles. The van der Waals surface area contributed by atoms with Gasteiger partial charge in [-0.3, -0.25) is 9.48 Å². The van der Waals surface area contributed by atoms with Crippen LogP contribution >= 0.6 is 0 Å². The van der Waals surface area contributed by atoms with Crippen molar-refractivity contribution in [2.75, 3.05) is 26.8 Å². The van der Waals surface area contributed by atoms with E-state index in [1.54, 1.807) is 7.11 Å². The molecule has 6 heteroatoms. The molecule has 1 fully saturated rings. The van der Waals surface area contributed by atoms with E-state index in [1.165, 1.54) is 0 Å². The molecular formula is C19H23N3O3. The first-order chi connectivity index (χ1) is 12.0. The number of methoxy groups -OCH3 is 1. The summed E-state index contributed by atoms with van der Waals surface area (Å²) in [6, 6.07) is 8.15. The van der Waals surface area contributed by atoms with Crippen molar-refractivity contribution in [3.05, 3.63) is 41.2 Å². The summed E-state index contributed by atoms with van der Waals surface area (Å²) in [6.45, 7) is 5.95. The summed E-state index contributed by atoms with van der Waals surface area (Å²) >= 11 is 0. The Labute approximate surface area is 147 Å². The average molecular weight is 341 g/mol. The maximum atomic E-state index is 12.8. The van der Waals surface area contributed by atoms with Crippen LogP contribution in [0.4, 0.5) is 0 Å². The van der Waals surface area contributed by atoms with Crippen LogP contribution < -0.4 is 9.47 Å². The van der Waals surface area contributed by atoms with Crippen molar-refractivity contribution >= 4 is 5.91 Å². The number of aryl methyl sites for hydroxylation is 2. The van der Waals surface area contributed by atoms with Gasteiger partial charge in [-0.1, -0.05) is 6.07 Å². The Morgan fingerprint density at radius 2 is 2.08 bits per heavy atom. The molecule has 0 saturated carbocycles. The lowest BCUT2D eigenvalue weighted by Crippen LogP contribution is -2.54. The van der Waals surface area contributed by atoms with Crippen molar-refractivity contribution < 1.29 is 14.3 Å². The van der Waals surface area contributed by atoms with E-state index in [0.717, 1.165) is 48.0 Å². The summed E-state index contributed by atoms with van der Waals surface area (Å²) in [5, 5.41) is 4.53. The molecule has 1 aromatic carbocycles. The summed E-state index contributed by atoms with van der Waals surface area (Å²) < 4.78 is 13.1. The normalized spacial score (nSPS) is 19.8. The summed E-state index contributed by atoms with van der Waals surface area (Å²) in [7, 11) is 1.64. The number of rotatable bonds is 3. The fourth-order valence-corrected chi connectivity index (χ4v) is 3.70. The van der Waals surface area contributed by atoms with E-state index in [4.69, 9.17) is 9.47 Å². The number of hydrogen-bond acceptors (Lipinski definition) is 4. The smallest absolute Gasteiger partial charge is 0.229 e. The monoisotopic (exact) mass is 341 g/mol. The molecule has 0 bridgehead atoms. The minimum atomic E-state index is -0.109. The van der Waals surface area contributed by atoms with Crippen molar-refractivity contribution in [2.45, 2.75) is 26.3 Å². The summed E-state index contributed by atoms with van der Waals surface area (Å²) in [5.41, 5.74) is 3.24. The van der Waals surface area contributed by atoms with Crippen LogP contribution in [0.25, 0.3) is 0 Å². The molecule has 4 rings (SSSR count). The average Bonchev–Trinajstić information content (AvgIpc) is 2.90. The Hall–Kier alpha value is -2.50. The number of amides is 1. The second-order valence-corrected chi connectivity index (χ2v) is 6.95. The molecule has 132 valence electrons. The van der Waals surface area contributed by atoms with Gasteiger partial charge in [-0.2, -0.15) is 5.10 Å². The second-order valence-electron chi connectivity index (χ2n) is 6.95. The van der Waals surface area contributed by atoms with Crippen molar-refractivity contribution in [3.63, 3.8) is 0 Å². The summed E-state index contributed by atoms with van der Waals surface area (Å²) in [4.78, 5) is 14.7. The Morgan fingerprint density at radius 3 is 2.76 bits per heavy atom. The van der Waals surface area contributed by atoms with Crippen molar-refractivity contribution in [1.29, 1.82) is 0 Å². The lowest BCUT2D eigenvalue weighted by molar-refractivity contribution is -0.143. The molecule has 0 spiro atoms. The zero-order chi connectivity index (χ0) is 17.6. The molecule has 2 aromatic rings. The third-order valence-electron chi connectivity index (χ3n) is 5.09. The predicted molar refractivity (Wildman–Crippen MR) is 93.0 cm³/mol. The molecule has 2 aliphatic rings. The van der Waals surface area contributed by atoms with Gasteiger partial charge in [0.25, 0.3) is 0 Å². The number of fused-ring (bicyclic) bond motifs is 1. The van der Waals surface area contributed by atoms with Crippen LogP contribution in [0.2, 0.25) is 0 Å². The van der Waals surface area contributed by atoms with Crippen molar-refractivity contribution in [1.82, 2.24) is 14.7 Å². The highest BCUT2D eigenvalue weighted by Crippen LogP contribution is 2.33. The fourth-order valence-electron chi connectivity index (χ4n) is 3.70. The van der Waals surface area contributed by atoms with Gasteiger partial charge < -0.3 is 14.4 Å². The molecule has 1 unspecified atom stereocenters. The van der Waals surface area contributed by atoms with Gasteiger partial charge in [-0.15, -0.1) is 0 Å². The molecule has 25 heavy (non-hydrogen) atoms. The molecule has 1 atom stereocenters. The Balaban J connectivity index is 1.39. The Morgan fingerprint density at radius 1 is 1.28 bits per heavy atom. The van der Waals surface area contributed by atoms with Crippen LogP contribution in [0.1, 0.15) is 23.0 Å². The first kappa shape index (κ1) is 16.0. The maximum Gasteiger partial charge on any atom is 0.229 e. The number of ether oxygens (including phenoxy) is 2. The van der Waals surface area contributed by atoms with E-state index in [1.807, 2.05) is 34.7 Å². The maximum absolute atomic E-state index is 12.8. The second kappa shape index (κ2) is 6.10. The molecule has 1 saturated heterocycles. The van der Waals surface area contributed by atoms with Gasteiger partial charge in [0.2, 0.25) is 5.91 Å². The van der Waals surface area contributed by atoms with Crippen LogP contribution in [0.3, 0.4) is 0 Å². The molecule has 1 amide bonds. The molecular weight excluding hydrogens is 318 g/mol. The van der Waals surface area contributed by atoms with E-state index in [0.29, 0.717) is 12.6 Å². The highest BCUT2D eigenvalue weighted by molar-refractivity contribution is 5.80. The predicted octanol–water partition coefficient (Wildman–Crippen LogP) is 2.14. The van der Waals surface area contributed by atoms with Crippen molar-refractivity contribution in [3.8, 4) is 11.5 Å². The first-order valence-corrected chi connectivity index (χ1v) is 8.66. The van der Waals surface area contributed by atoms with Gasteiger partial charge >= 0.3 is 0 Å². The number of carbonyl (C=O) groups excluding carboxylic acids is 1. The molecule has 0 N–H and O–H groups in total. The number of nitrogens with zero attached hydrogens (tertiary/aromatic N) is 3. The third kappa shape index (κ3) is 2.86. The lowest BCUT2D eigenvalue weighted by Gasteiger charge is -2.42. The van der Waals surface area contributed by atoms with E-state index >= 15 is 0 Å². The Kier molecular flexibility index (Phi) is 3.90. The van der Waals surface area contributed by atoms with E-state index in [-0.39, 0.29) is 11.8 Å². The summed E-state index contributed by atoms with van der Waals surface area (Å²) in [6.07, 6.45) is 0.721. The Bertz CT molecular complexity index is 808. The van der Waals surface area contributed by atoms with Gasteiger partial charge in [0.05, 0.1) is 24.8 Å². The van der Waals surface area contributed by atoms with Crippen LogP contribution in [0.5, 0.6) is 11.5 Å². The number of benzene rings is 1. The number of likely N-dealkylation sites (tertiary alicyclic amines) is 1. The minimum Gasteiger partial charge on any atom is -0.497 e. The highest BCUT2D eigenvalue weighted by Gasteiger charge is 2.38. The van der Waals surface area contributed by atoms with Gasteiger partial charge in [0.15, 0.2) is 0 Å². The standard InChI is InChI=1S/C19H23N3O3/c1-12-6-13(2)22(20-12)16-9-21(10-16)19(23)15-7-14-4-5-17(24-3)8-18(14)25-11-15/h4-6,8,15-16H,7,9-11H2,1-3H3. The van der Waals surface area contributed by atoms with Crippen LogP contribution in [0, 0.1) is 19.8 Å². The van der Waals surface area contributed by atoms with Crippen LogP contribution in [-0.2, 0) is 11.2 Å². The largest absolute Gasteiger partial charge is 0.497 e. The minimum absolute atomic E-state index is 0.109. The number of carbonyl (C=O) groups is 1. The van der Waals surface area contributed by atoms with E-state index in [2.05, 4.69) is 18.1 Å². The van der Waals surface area contributed by atoms with Gasteiger partial charge in [-0.25, -0.2) is 0 Å². The zero-order valence-corrected chi connectivity index (χ0v) is 14.9. The van der Waals surface area contributed by atoms with Gasteiger partial charge in [0, 0.05) is 24.8 Å². The first-order valence-electron chi connectivity index (χ1n) is 8.66. The fraction of sp³-hybridized carbons (Fsp3) is 0.474. The highest BCUT2D eigenvalue weighted by atomic mass is 16.5. The number of aromatic nitrogens is 2. The molecule has 6 nitrogen and oxygen atoms in total. The van der Waals surface area contributed by atoms with Crippen LogP contribution in [-0.4, -0.2) is 47.4 Å². The van der Waals surface area contributed by atoms with E-state index < -0.39 is 0 Å². The van der Waals surface area contributed by atoms with Crippen LogP contribution in [0.15, 0.2) is 24.3 Å². The van der Waals surface area contributed by atoms with Gasteiger partial charge in [0.1, 0.15) is 18.1 Å². The quantitative estimate of drug-likeness (QED) is 0.858. The molecule has 1 aromatic heterocycles. The zero-order valence-electron chi connectivity index (χ0n) is 14.9. The molecule has 0 radical (unpaired) electrons. The van der Waals surface area contributed by atoms with Crippen molar-refractivity contribution in [2.24, 2.45) is 5.92 Å². The molecule has 0 aliphatic carbocycles. The topological polar surface area (TPSA) is 56.6 Å². The van der Waals surface area contributed by atoms with Gasteiger partial charge in [-0.05, 0) is 38.0 Å². The lowest BCUT2D eigenvalue weighted by atomic mass is 9.93. The summed E-state index contributed by atoms with van der Waals surface area (Å²) in [5.74, 6) is 1.67. The third-order valence-corrected chi connectivity index (χ3v) is 5.09. The number of hydrogen-bond donors (Lipinski definition) is 0. The SMILES string of the molecule is COc1ccc2c(c1)OCC(C(=O)N1CC(n3nc(C)cc3C)C1)C2.